The van der Waals surface area contributed by atoms with Crippen LogP contribution in [0.1, 0.15) is 51.4 Å². The lowest BCUT2D eigenvalue weighted by molar-refractivity contribution is 0.0273. The van der Waals surface area contributed by atoms with Crippen LogP contribution < -0.4 is 0 Å². The number of hydrogen-bond acceptors (Lipinski definition) is 3. The van der Waals surface area contributed by atoms with Crippen molar-refractivity contribution in [2.45, 2.75) is 52.7 Å². The van der Waals surface area contributed by atoms with Crippen LogP contribution >= 0.6 is 23.2 Å². The van der Waals surface area contributed by atoms with E-state index in [0.29, 0.717) is 26.1 Å². The number of benzene rings is 1. The summed E-state index contributed by atoms with van der Waals surface area (Å²) in [6.07, 6.45) is 0.216. The summed E-state index contributed by atoms with van der Waals surface area (Å²) in [5.74, 6) is -0.874. The van der Waals surface area contributed by atoms with Crippen molar-refractivity contribution < 1.29 is 18.7 Å². The third kappa shape index (κ3) is 5.74. The highest BCUT2D eigenvalue weighted by Gasteiger charge is 2.36. The first-order valence-corrected chi connectivity index (χ1v) is 10.1. The lowest BCUT2D eigenvalue weighted by Crippen LogP contribution is -2.45. The highest BCUT2D eigenvalue weighted by molar-refractivity contribution is 6.36. The van der Waals surface area contributed by atoms with Gasteiger partial charge in [-0.25, -0.2) is 9.18 Å². The van der Waals surface area contributed by atoms with E-state index in [9.17, 15) is 14.0 Å². The molecule has 0 saturated carbocycles. The molecule has 1 atom stereocenters. The lowest BCUT2D eigenvalue weighted by Gasteiger charge is -2.31. The molecule has 28 heavy (non-hydrogen) atoms. The zero-order valence-electron chi connectivity index (χ0n) is 16.9. The average Bonchev–Trinajstić information content (AvgIpc) is 3.03. The molecule has 5 nitrogen and oxygen atoms in total. The van der Waals surface area contributed by atoms with Crippen LogP contribution in [0.25, 0.3) is 0 Å². The average molecular weight is 433 g/mol. The maximum absolute atomic E-state index is 13.9. The number of hydrogen-bond donors (Lipinski definition) is 0. The Morgan fingerprint density at radius 1 is 1.29 bits per heavy atom. The lowest BCUT2D eigenvalue weighted by atomic mass is 10.1. The summed E-state index contributed by atoms with van der Waals surface area (Å²) in [7, 11) is 0. The van der Waals surface area contributed by atoms with Crippen LogP contribution in [0.4, 0.5) is 9.18 Å². The number of rotatable bonds is 4. The van der Waals surface area contributed by atoms with Crippen molar-refractivity contribution in [1.82, 2.24) is 9.80 Å². The van der Waals surface area contributed by atoms with Gasteiger partial charge in [0.15, 0.2) is 0 Å². The van der Waals surface area contributed by atoms with E-state index in [4.69, 9.17) is 27.9 Å². The minimum absolute atomic E-state index is 0.0694. The number of carbonyl (C=O) groups is 2. The molecule has 1 aromatic rings. The molecule has 0 aromatic heterocycles. The van der Waals surface area contributed by atoms with Gasteiger partial charge >= 0.3 is 6.09 Å². The van der Waals surface area contributed by atoms with Crippen molar-refractivity contribution in [2.75, 3.05) is 19.6 Å². The first-order valence-electron chi connectivity index (χ1n) is 9.32. The third-order valence-corrected chi connectivity index (χ3v) is 4.92. The maximum atomic E-state index is 13.9. The van der Waals surface area contributed by atoms with E-state index in [1.54, 1.807) is 9.80 Å². The number of ether oxygens (including phenoxy) is 1. The van der Waals surface area contributed by atoms with Crippen LogP contribution in [-0.4, -0.2) is 53.1 Å². The first-order chi connectivity index (χ1) is 12.9. The van der Waals surface area contributed by atoms with Gasteiger partial charge in [-0.2, -0.15) is 0 Å². The van der Waals surface area contributed by atoms with Crippen LogP contribution in [0.2, 0.25) is 10.0 Å². The van der Waals surface area contributed by atoms with Crippen molar-refractivity contribution in [3.8, 4) is 0 Å². The van der Waals surface area contributed by atoms with E-state index < -0.39 is 17.5 Å². The molecule has 2 rings (SSSR count). The number of likely N-dealkylation sites (tertiary alicyclic amines) is 1. The van der Waals surface area contributed by atoms with Gasteiger partial charge in [-0.1, -0.05) is 37.0 Å². The second-order valence-corrected chi connectivity index (χ2v) is 9.28. The predicted molar refractivity (Wildman–Crippen MR) is 109 cm³/mol. The van der Waals surface area contributed by atoms with Crippen LogP contribution in [0, 0.1) is 11.7 Å². The fourth-order valence-electron chi connectivity index (χ4n) is 3.12. The van der Waals surface area contributed by atoms with Crippen molar-refractivity contribution in [3.05, 3.63) is 33.6 Å². The molecular formula is C20H27Cl2FN2O3. The molecule has 1 aromatic carbocycles. The molecule has 0 spiro atoms. The molecule has 0 radical (unpaired) electrons. The second-order valence-electron chi connectivity index (χ2n) is 8.47. The molecule has 1 aliphatic heterocycles. The van der Waals surface area contributed by atoms with Crippen molar-refractivity contribution >= 4 is 35.2 Å². The minimum atomic E-state index is -0.694. The summed E-state index contributed by atoms with van der Waals surface area (Å²) in [6, 6.07) is 2.11. The molecule has 1 heterocycles. The minimum Gasteiger partial charge on any atom is -0.444 e. The molecule has 0 bridgehead atoms. The Morgan fingerprint density at radius 3 is 2.50 bits per heavy atom. The fraction of sp³-hybridized carbons (Fsp3) is 0.600. The predicted octanol–water partition coefficient (Wildman–Crippen LogP) is 5.24. The van der Waals surface area contributed by atoms with Gasteiger partial charge in [0.2, 0.25) is 0 Å². The Labute approximate surface area is 175 Å². The molecule has 0 aliphatic carbocycles. The zero-order valence-corrected chi connectivity index (χ0v) is 18.4. The highest BCUT2D eigenvalue weighted by Crippen LogP contribution is 2.28. The molecule has 1 fully saturated rings. The quantitative estimate of drug-likeness (QED) is 0.611. The summed E-state index contributed by atoms with van der Waals surface area (Å²) in [5.41, 5.74) is -0.517. The van der Waals surface area contributed by atoms with Crippen LogP contribution in [0.5, 0.6) is 0 Å². The second kappa shape index (κ2) is 8.87. The van der Waals surface area contributed by atoms with Crippen LogP contribution in [0.3, 0.4) is 0 Å². The summed E-state index contributed by atoms with van der Waals surface area (Å²) < 4.78 is 19.3. The third-order valence-electron chi connectivity index (χ3n) is 4.32. The summed E-state index contributed by atoms with van der Waals surface area (Å²) >= 11 is 11.9. The monoisotopic (exact) mass is 432 g/mol. The Hall–Kier alpha value is -1.53. The van der Waals surface area contributed by atoms with Crippen LogP contribution in [0.15, 0.2) is 12.1 Å². The molecule has 1 aliphatic rings. The van der Waals surface area contributed by atoms with Gasteiger partial charge in [-0.05, 0) is 45.2 Å². The van der Waals surface area contributed by atoms with Gasteiger partial charge in [-0.3, -0.25) is 4.79 Å². The largest absolute Gasteiger partial charge is 0.444 e. The van der Waals surface area contributed by atoms with E-state index >= 15 is 0 Å². The Morgan fingerprint density at radius 2 is 1.93 bits per heavy atom. The van der Waals surface area contributed by atoms with E-state index in [1.807, 2.05) is 34.6 Å². The van der Waals surface area contributed by atoms with Gasteiger partial charge in [-0.15, -0.1) is 0 Å². The zero-order chi connectivity index (χ0) is 21.2. The van der Waals surface area contributed by atoms with Crippen molar-refractivity contribution in [2.24, 2.45) is 5.92 Å². The topological polar surface area (TPSA) is 49.9 Å². The molecule has 0 N–H and O–H groups in total. The molecule has 8 heteroatoms. The SMILES string of the molecule is CC(C)CN(C(=O)c1cc(F)c(Cl)cc1Cl)[C@H]1CCN(C(=O)OC(C)(C)C)C1. The summed E-state index contributed by atoms with van der Waals surface area (Å²) in [5, 5.41) is -0.0268. The number of carbonyl (C=O) groups excluding carboxylic acids is 2. The molecule has 2 amide bonds. The Balaban J connectivity index is 2.22. The Kier molecular flexibility index (Phi) is 7.21. The van der Waals surface area contributed by atoms with E-state index in [1.165, 1.54) is 6.07 Å². The smallest absolute Gasteiger partial charge is 0.410 e. The molecule has 0 unspecified atom stereocenters. The number of nitrogens with zero attached hydrogens (tertiary/aromatic N) is 2. The van der Waals surface area contributed by atoms with Crippen LogP contribution in [-0.2, 0) is 4.74 Å². The van der Waals surface area contributed by atoms with E-state index in [-0.39, 0.29) is 33.5 Å². The molecule has 156 valence electrons. The summed E-state index contributed by atoms with van der Waals surface area (Å²) in [4.78, 5) is 28.8. The summed E-state index contributed by atoms with van der Waals surface area (Å²) in [6.45, 7) is 10.7. The highest BCUT2D eigenvalue weighted by atomic mass is 35.5. The van der Waals surface area contributed by atoms with Crippen molar-refractivity contribution in [1.29, 1.82) is 0 Å². The standard InChI is InChI=1S/C20H27Cl2FN2O3/c1-12(2)10-25(18(26)14-8-17(23)16(22)9-15(14)21)13-6-7-24(11-13)19(27)28-20(3,4)5/h8-9,12-13H,6-7,10-11H2,1-5H3/t13-/m0/s1. The van der Waals surface area contributed by atoms with Gasteiger partial charge < -0.3 is 14.5 Å². The molecular weight excluding hydrogens is 406 g/mol. The first kappa shape index (κ1) is 22.8. The van der Waals surface area contributed by atoms with Crippen molar-refractivity contribution in [3.63, 3.8) is 0 Å². The van der Waals surface area contributed by atoms with Gasteiger partial charge in [0.1, 0.15) is 11.4 Å². The van der Waals surface area contributed by atoms with Gasteiger partial charge in [0.05, 0.1) is 21.7 Å². The van der Waals surface area contributed by atoms with E-state index in [2.05, 4.69) is 0 Å². The normalized spacial score (nSPS) is 17.2. The van der Waals surface area contributed by atoms with Gasteiger partial charge in [0, 0.05) is 19.6 Å². The van der Waals surface area contributed by atoms with Gasteiger partial charge in [0.25, 0.3) is 5.91 Å². The number of halogens is 3. The Bertz CT molecular complexity index is 750. The maximum Gasteiger partial charge on any atom is 0.410 e. The van der Waals surface area contributed by atoms with E-state index in [0.717, 1.165) is 6.07 Å². The fourth-order valence-corrected chi connectivity index (χ4v) is 3.58. The molecule has 1 saturated heterocycles. The number of amides is 2.